The van der Waals surface area contributed by atoms with Crippen LogP contribution in [-0.2, 0) is 16.6 Å². The van der Waals surface area contributed by atoms with Crippen LogP contribution in [0.5, 0.6) is 5.75 Å². The van der Waals surface area contributed by atoms with Crippen LogP contribution in [0.1, 0.15) is 18.9 Å². The largest absolute Gasteiger partial charge is 0.485 e. The monoisotopic (exact) mass is 481 g/mol. The van der Waals surface area contributed by atoms with Gasteiger partial charge in [-0.05, 0) is 18.6 Å². The fraction of sp³-hybridized carbons (Fsp3) is 0.286. The third-order valence-corrected chi connectivity index (χ3v) is 7.32. The van der Waals surface area contributed by atoms with Gasteiger partial charge in [-0.25, -0.2) is 17.8 Å². The van der Waals surface area contributed by atoms with Gasteiger partial charge in [0.1, 0.15) is 22.1 Å². The zero-order chi connectivity index (χ0) is 22.1. The Hall–Kier alpha value is -2.20. The zero-order valence-corrected chi connectivity index (χ0v) is 19.1. The number of nitrogens with one attached hydrogen (secondary N) is 1. The molecule has 1 N–H and O–H groups in total. The van der Waals surface area contributed by atoms with Crippen molar-refractivity contribution in [3.05, 3.63) is 69.8 Å². The maximum absolute atomic E-state index is 14.7. The van der Waals surface area contributed by atoms with Crippen molar-refractivity contribution in [3.63, 3.8) is 0 Å². The van der Waals surface area contributed by atoms with E-state index in [4.69, 9.17) is 16.3 Å². The molecule has 2 aromatic carbocycles. The zero-order valence-electron chi connectivity index (χ0n) is 16.7. The van der Waals surface area contributed by atoms with E-state index in [1.165, 1.54) is 27.8 Å². The summed E-state index contributed by atoms with van der Waals surface area (Å²) in [6.45, 7) is 4.21. The van der Waals surface area contributed by atoms with Crippen molar-refractivity contribution in [1.29, 1.82) is 0 Å². The molecule has 2 heterocycles. The molecule has 1 atom stereocenters. The Bertz CT molecular complexity index is 1160. The number of thiazole rings is 1. The van der Waals surface area contributed by atoms with Crippen LogP contribution in [0.2, 0.25) is 5.02 Å². The SMILES string of the molecule is CC1(Oc2cc(F)c(S(=O)(=O)Nc3cscn3)cc2Cl)CCN(Cc2ccccc2)C1. The van der Waals surface area contributed by atoms with Crippen molar-refractivity contribution in [3.8, 4) is 5.75 Å². The first kappa shape index (κ1) is 22.0. The lowest BCUT2D eigenvalue weighted by Crippen LogP contribution is -2.36. The van der Waals surface area contributed by atoms with Crippen molar-refractivity contribution in [2.45, 2.75) is 30.4 Å². The molecular weight excluding hydrogens is 461 g/mol. The number of anilines is 1. The lowest BCUT2D eigenvalue weighted by atomic mass is 10.1. The van der Waals surface area contributed by atoms with E-state index < -0.39 is 26.3 Å². The summed E-state index contributed by atoms with van der Waals surface area (Å²) in [6, 6.07) is 12.2. The summed E-state index contributed by atoms with van der Waals surface area (Å²) >= 11 is 7.51. The second kappa shape index (κ2) is 8.74. The van der Waals surface area contributed by atoms with Gasteiger partial charge >= 0.3 is 0 Å². The highest BCUT2D eigenvalue weighted by Crippen LogP contribution is 2.36. The molecule has 6 nitrogen and oxygen atoms in total. The standard InChI is InChI=1S/C21H21ClFN3O3S2/c1-21(7-8-26(13-21)11-15-5-3-2-4-6-15)29-18-10-17(23)19(9-16(18)22)31(27,28)25-20-12-30-14-24-20/h2-6,9-10,12,14,25H,7-8,11,13H2,1H3. The van der Waals surface area contributed by atoms with Gasteiger partial charge < -0.3 is 4.74 Å². The lowest BCUT2D eigenvalue weighted by molar-refractivity contribution is 0.0946. The molecule has 0 spiro atoms. The number of rotatable bonds is 7. The number of hydrogen-bond donors (Lipinski definition) is 1. The minimum Gasteiger partial charge on any atom is -0.485 e. The molecule has 0 amide bonds. The van der Waals surface area contributed by atoms with Crippen molar-refractivity contribution in [1.82, 2.24) is 9.88 Å². The summed E-state index contributed by atoms with van der Waals surface area (Å²) in [5, 5.41) is 1.54. The number of benzene rings is 2. The first-order valence-electron chi connectivity index (χ1n) is 9.59. The van der Waals surface area contributed by atoms with Crippen LogP contribution in [0, 0.1) is 5.82 Å². The number of hydrogen-bond acceptors (Lipinski definition) is 6. The molecule has 4 rings (SSSR count). The van der Waals surface area contributed by atoms with E-state index in [2.05, 4.69) is 26.7 Å². The predicted molar refractivity (Wildman–Crippen MR) is 120 cm³/mol. The van der Waals surface area contributed by atoms with Crippen molar-refractivity contribution < 1.29 is 17.5 Å². The minimum atomic E-state index is -4.17. The quantitative estimate of drug-likeness (QED) is 0.525. The number of likely N-dealkylation sites (tertiary alicyclic amines) is 1. The van der Waals surface area contributed by atoms with E-state index in [1.54, 1.807) is 0 Å². The molecule has 0 saturated carbocycles. The molecule has 0 radical (unpaired) electrons. The molecule has 1 aromatic heterocycles. The number of ether oxygens (including phenoxy) is 1. The first-order valence-corrected chi connectivity index (χ1v) is 12.4. The van der Waals surface area contributed by atoms with Crippen LogP contribution in [0.25, 0.3) is 0 Å². The second-order valence-corrected chi connectivity index (χ2v) is 10.5. The predicted octanol–water partition coefficient (Wildman–Crippen LogP) is 4.78. The lowest BCUT2D eigenvalue weighted by Gasteiger charge is -2.27. The van der Waals surface area contributed by atoms with Gasteiger partial charge in [-0.1, -0.05) is 41.9 Å². The Morgan fingerprint density at radius 2 is 2.10 bits per heavy atom. The van der Waals surface area contributed by atoms with Crippen LogP contribution < -0.4 is 9.46 Å². The molecular formula is C21H21ClFN3O3S2. The fourth-order valence-corrected chi connectivity index (χ4v) is 5.51. The third-order valence-electron chi connectivity index (χ3n) is 5.07. The summed E-state index contributed by atoms with van der Waals surface area (Å²) < 4.78 is 48.1. The number of halogens is 2. The van der Waals surface area contributed by atoms with Crippen LogP contribution in [0.15, 0.2) is 58.3 Å². The first-order chi connectivity index (χ1) is 14.7. The van der Waals surface area contributed by atoms with E-state index in [1.807, 2.05) is 25.1 Å². The van der Waals surface area contributed by atoms with E-state index in [9.17, 15) is 12.8 Å². The number of nitrogens with zero attached hydrogens (tertiary/aromatic N) is 2. The maximum atomic E-state index is 14.7. The molecule has 3 aromatic rings. The molecule has 0 bridgehead atoms. The van der Waals surface area contributed by atoms with Crippen molar-refractivity contribution >= 4 is 38.8 Å². The summed E-state index contributed by atoms with van der Waals surface area (Å²) in [5.74, 6) is -0.696. The van der Waals surface area contributed by atoms with E-state index in [0.29, 0.717) is 6.54 Å². The summed E-state index contributed by atoms with van der Waals surface area (Å²) in [4.78, 5) is 5.56. The number of sulfonamides is 1. The highest BCUT2D eigenvalue weighted by molar-refractivity contribution is 7.92. The topological polar surface area (TPSA) is 71.5 Å². The molecule has 31 heavy (non-hydrogen) atoms. The smallest absolute Gasteiger partial charge is 0.266 e. The van der Waals surface area contributed by atoms with Gasteiger partial charge in [0.15, 0.2) is 5.82 Å². The van der Waals surface area contributed by atoms with Gasteiger partial charge in [-0.3, -0.25) is 9.62 Å². The Balaban J connectivity index is 1.48. The Morgan fingerprint density at radius 1 is 1.32 bits per heavy atom. The summed E-state index contributed by atoms with van der Waals surface area (Å²) in [6.07, 6.45) is 0.739. The summed E-state index contributed by atoms with van der Waals surface area (Å²) in [5.41, 5.74) is 2.11. The van der Waals surface area contributed by atoms with Crippen LogP contribution >= 0.6 is 22.9 Å². The molecule has 1 saturated heterocycles. The van der Waals surface area contributed by atoms with Crippen LogP contribution in [0.4, 0.5) is 10.2 Å². The van der Waals surface area contributed by atoms with Crippen molar-refractivity contribution in [2.24, 2.45) is 0 Å². The van der Waals surface area contributed by atoms with Gasteiger partial charge in [0.05, 0.1) is 10.5 Å². The minimum absolute atomic E-state index is 0.0304. The molecule has 10 heteroatoms. The maximum Gasteiger partial charge on any atom is 0.266 e. The second-order valence-electron chi connectivity index (χ2n) is 7.69. The molecule has 1 aliphatic heterocycles. The van der Waals surface area contributed by atoms with Gasteiger partial charge in [0.25, 0.3) is 10.0 Å². The van der Waals surface area contributed by atoms with Crippen LogP contribution in [-0.4, -0.2) is 37.0 Å². The van der Waals surface area contributed by atoms with E-state index in [0.717, 1.165) is 31.6 Å². The van der Waals surface area contributed by atoms with Gasteiger partial charge in [0.2, 0.25) is 0 Å². The molecule has 164 valence electrons. The average Bonchev–Trinajstić information content (AvgIpc) is 3.34. The van der Waals surface area contributed by atoms with Gasteiger partial charge in [-0.2, -0.15) is 0 Å². The fourth-order valence-electron chi connectivity index (χ4n) is 3.60. The Labute approximate surface area is 189 Å². The highest BCUT2D eigenvalue weighted by atomic mass is 35.5. The van der Waals surface area contributed by atoms with Crippen LogP contribution in [0.3, 0.4) is 0 Å². The molecule has 1 unspecified atom stereocenters. The molecule has 0 aliphatic carbocycles. The molecule has 1 aliphatic rings. The normalized spacial score (nSPS) is 19.5. The Morgan fingerprint density at radius 3 is 2.81 bits per heavy atom. The molecule has 1 fully saturated rings. The Kier molecular flexibility index (Phi) is 6.20. The summed E-state index contributed by atoms with van der Waals surface area (Å²) in [7, 11) is -4.17. The third kappa shape index (κ3) is 5.17. The number of aromatic nitrogens is 1. The highest BCUT2D eigenvalue weighted by Gasteiger charge is 2.36. The van der Waals surface area contributed by atoms with E-state index in [-0.39, 0.29) is 16.6 Å². The van der Waals surface area contributed by atoms with E-state index >= 15 is 0 Å². The van der Waals surface area contributed by atoms with Crippen molar-refractivity contribution in [2.75, 3.05) is 17.8 Å². The van der Waals surface area contributed by atoms with Gasteiger partial charge in [0, 0.05) is 37.5 Å². The average molecular weight is 482 g/mol. The van der Waals surface area contributed by atoms with Gasteiger partial charge in [-0.15, -0.1) is 11.3 Å².